The Morgan fingerprint density at radius 3 is 1.43 bits per heavy atom. The molecule has 0 saturated carbocycles. The number of aromatic hydroxyl groups is 1. The molecule has 3 rings (SSSR count). The summed E-state index contributed by atoms with van der Waals surface area (Å²) >= 11 is 0. The lowest BCUT2D eigenvalue weighted by atomic mass is 9.98. The van der Waals surface area contributed by atoms with Crippen molar-refractivity contribution in [3.8, 4) is 23.0 Å². The minimum Gasteiger partial charge on any atom is -0.507 e. The Balaban J connectivity index is 1.75. The summed E-state index contributed by atoms with van der Waals surface area (Å²) < 4.78 is 25.3. The van der Waals surface area contributed by atoms with E-state index in [0.717, 1.165) is 63.0 Å². The zero-order valence-corrected chi connectivity index (χ0v) is 39.6. The number of fused-ring (bicyclic) bond motifs is 2. The summed E-state index contributed by atoms with van der Waals surface area (Å²) in [6.07, 6.45) is 24.4. The number of hydrogen-bond acceptors (Lipinski definition) is 8. The second kappa shape index (κ2) is 28.9. The fourth-order valence-electron chi connectivity index (χ4n) is 8.11. The smallest absolute Gasteiger partial charge is 0.204 e. The highest BCUT2D eigenvalue weighted by Crippen LogP contribution is 2.42. The third-order valence-corrected chi connectivity index (χ3v) is 12.0. The molecule has 0 aliphatic rings. The molecule has 0 saturated heterocycles. The predicted molar refractivity (Wildman–Crippen MR) is 255 cm³/mol. The number of allylic oxidation sites excluding steroid dienone is 4. The number of rotatable bonds is 33. The number of ether oxygens (including phenoxy) is 3. The Bertz CT molecular complexity index is 1790. The molecular formula is C52H84N2O6. The Morgan fingerprint density at radius 1 is 0.583 bits per heavy atom. The number of methoxy groups -OCH3 is 1. The van der Waals surface area contributed by atoms with Crippen molar-refractivity contribution in [1.29, 1.82) is 0 Å². The minimum atomic E-state index is -0.281. The van der Waals surface area contributed by atoms with E-state index in [0.29, 0.717) is 71.0 Å². The number of phenolic OH excluding ortho intramolecular Hbond substituents is 1. The van der Waals surface area contributed by atoms with Gasteiger partial charge in [0.15, 0.2) is 11.5 Å². The maximum Gasteiger partial charge on any atom is 0.204 e. The normalized spacial score (nSPS) is 11.6. The van der Waals surface area contributed by atoms with Crippen molar-refractivity contribution in [3.63, 3.8) is 0 Å². The summed E-state index contributed by atoms with van der Waals surface area (Å²) in [5, 5.41) is 12.4. The fourth-order valence-corrected chi connectivity index (χ4v) is 8.11. The monoisotopic (exact) mass is 833 g/mol. The standard InChI is InChI=1S/C52H84N2O6/c1-10-53(11-2)34-26-22-18-14-16-20-24-28-36-58-44-38-46-49(50(55)42(44)32-30-40(5)6)51(56)48-43(33-31-41(7)8)52(57-9)47(39-45(48)60-46)59-37-29-25-21-17-15-19-23-27-35-54(12-3)13-4/h30-31,38-39,55H,10-29,32-37H2,1-9H3. The topological polar surface area (TPSA) is 84.6 Å². The highest BCUT2D eigenvalue weighted by Gasteiger charge is 2.24. The third kappa shape index (κ3) is 16.8. The maximum atomic E-state index is 14.6. The molecule has 0 unspecified atom stereocenters. The Labute approximate surface area is 364 Å². The Hall–Kier alpha value is -3.49. The first-order valence-corrected chi connectivity index (χ1v) is 23.9. The summed E-state index contributed by atoms with van der Waals surface area (Å²) in [6.45, 7) is 25.2. The molecule has 1 heterocycles. The van der Waals surface area contributed by atoms with Gasteiger partial charge < -0.3 is 33.5 Å². The van der Waals surface area contributed by atoms with E-state index in [9.17, 15) is 9.90 Å². The van der Waals surface area contributed by atoms with Gasteiger partial charge in [-0.1, -0.05) is 128 Å². The van der Waals surface area contributed by atoms with Crippen molar-refractivity contribution in [3.05, 3.63) is 56.8 Å². The first-order chi connectivity index (χ1) is 29.1. The quantitative estimate of drug-likeness (QED) is 0.0369. The first-order valence-electron chi connectivity index (χ1n) is 23.9. The second-order valence-electron chi connectivity index (χ2n) is 17.1. The van der Waals surface area contributed by atoms with E-state index in [2.05, 4.69) is 49.6 Å². The molecule has 0 aliphatic heterocycles. The van der Waals surface area contributed by atoms with Crippen LogP contribution in [0.2, 0.25) is 0 Å². The molecule has 1 N–H and O–H groups in total. The van der Waals surface area contributed by atoms with Gasteiger partial charge in [-0.2, -0.15) is 0 Å². The van der Waals surface area contributed by atoms with Crippen molar-refractivity contribution >= 4 is 21.9 Å². The Morgan fingerprint density at radius 2 is 0.983 bits per heavy atom. The highest BCUT2D eigenvalue weighted by molar-refractivity contribution is 5.98. The molecule has 0 spiro atoms. The zero-order chi connectivity index (χ0) is 43.7. The van der Waals surface area contributed by atoms with Gasteiger partial charge in [-0.3, -0.25) is 4.79 Å². The predicted octanol–water partition coefficient (Wildman–Crippen LogP) is 13.4. The van der Waals surface area contributed by atoms with Crippen LogP contribution in [0.25, 0.3) is 21.9 Å². The van der Waals surface area contributed by atoms with Crippen LogP contribution in [-0.2, 0) is 12.8 Å². The molecule has 8 heteroatoms. The van der Waals surface area contributed by atoms with Crippen LogP contribution in [-0.4, -0.2) is 74.5 Å². The largest absolute Gasteiger partial charge is 0.507 e. The number of hydrogen-bond donors (Lipinski definition) is 1. The average Bonchev–Trinajstić information content (AvgIpc) is 3.23. The molecule has 60 heavy (non-hydrogen) atoms. The molecule has 3 aromatic rings. The van der Waals surface area contributed by atoms with Gasteiger partial charge in [0.25, 0.3) is 0 Å². The van der Waals surface area contributed by atoms with Gasteiger partial charge >= 0.3 is 0 Å². The van der Waals surface area contributed by atoms with Crippen LogP contribution in [0, 0.1) is 0 Å². The molecule has 2 aromatic carbocycles. The van der Waals surface area contributed by atoms with E-state index in [1.807, 2.05) is 27.7 Å². The van der Waals surface area contributed by atoms with Crippen molar-refractivity contribution in [2.24, 2.45) is 0 Å². The van der Waals surface area contributed by atoms with Gasteiger partial charge in [-0.25, -0.2) is 0 Å². The van der Waals surface area contributed by atoms with E-state index in [1.165, 1.54) is 90.1 Å². The molecule has 1 aromatic heterocycles. The molecule has 0 bridgehead atoms. The second-order valence-corrected chi connectivity index (χ2v) is 17.1. The van der Waals surface area contributed by atoms with Gasteiger partial charge in [0.1, 0.15) is 28.1 Å². The summed E-state index contributed by atoms with van der Waals surface area (Å²) in [4.78, 5) is 19.6. The van der Waals surface area contributed by atoms with Crippen molar-refractivity contribution in [2.75, 3.05) is 59.6 Å². The van der Waals surface area contributed by atoms with Crippen LogP contribution in [0.5, 0.6) is 23.0 Å². The third-order valence-electron chi connectivity index (χ3n) is 12.0. The van der Waals surface area contributed by atoms with Gasteiger partial charge in [0.2, 0.25) is 5.43 Å². The molecule has 0 fully saturated rings. The zero-order valence-electron chi connectivity index (χ0n) is 39.6. The van der Waals surface area contributed by atoms with Crippen molar-refractivity contribution in [1.82, 2.24) is 9.80 Å². The number of benzene rings is 2. The van der Waals surface area contributed by atoms with Crippen molar-refractivity contribution < 1.29 is 23.7 Å². The van der Waals surface area contributed by atoms with Gasteiger partial charge in [-0.15, -0.1) is 0 Å². The van der Waals surface area contributed by atoms with E-state index in [-0.39, 0.29) is 16.6 Å². The number of unbranched alkanes of at least 4 members (excludes halogenated alkanes) is 14. The van der Waals surface area contributed by atoms with Crippen molar-refractivity contribution in [2.45, 2.75) is 171 Å². The number of phenols is 1. The summed E-state index contributed by atoms with van der Waals surface area (Å²) in [7, 11) is 1.62. The summed E-state index contributed by atoms with van der Waals surface area (Å²) in [5.41, 5.74) is 3.99. The molecule has 0 atom stereocenters. The lowest BCUT2D eigenvalue weighted by Gasteiger charge is -2.18. The Kier molecular flexibility index (Phi) is 24.5. The summed E-state index contributed by atoms with van der Waals surface area (Å²) in [6, 6.07) is 3.59. The first kappa shape index (κ1) is 50.9. The molecule has 338 valence electrons. The minimum absolute atomic E-state index is 0.0799. The van der Waals surface area contributed by atoms with E-state index < -0.39 is 0 Å². The van der Waals surface area contributed by atoms with Gasteiger partial charge in [-0.05, 0) is 105 Å². The van der Waals surface area contributed by atoms with Crippen LogP contribution >= 0.6 is 0 Å². The van der Waals surface area contributed by atoms with Crippen LogP contribution in [0.1, 0.15) is 169 Å². The van der Waals surface area contributed by atoms with Crippen LogP contribution in [0.4, 0.5) is 0 Å². The molecule has 0 amide bonds. The lowest BCUT2D eigenvalue weighted by molar-refractivity contribution is 0.283. The molecular weight excluding hydrogens is 749 g/mol. The van der Waals surface area contributed by atoms with E-state index >= 15 is 0 Å². The van der Waals surface area contributed by atoms with Gasteiger partial charge in [0, 0.05) is 23.3 Å². The van der Waals surface area contributed by atoms with E-state index in [4.69, 9.17) is 18.6 Å². The van der Waals surface area contributed by atoms with E-state index in [1.54, 1.807) is 19.2 Å². The van der Waals surface area contributed by atoms with Crippen LogP contribution < -0.4 is 19.6 Å². The lowest BCUT2D eigenvalue weighted by Crippen LogP contribution is -2.23. The SMILES string of the molecule is CCN(CC)CCCCCCCCCCOc1cc2oc3cc(OCCCCCCCCCCN(CC)CC)c(OC)c(CC=C(C)C)c3c(=O)c2c(O)c1CC=C(C)C. The molecule has 0 radical (unpaired) electrons. The fraction of sp³-hybridized carbons (Fsp3) is 0.673. The summed E-state index contributed by atoms with van der Waals surface area (Å²) in [5.74, 6) is 1.58. The average molecular weight is 833 g/mol. The molecule has 8 nitrogen and oxygen atoms in total. The maximum absolute atomic E-state index is 14.6. The number of nitrogens with zero attached hydrogens (tertiary/aromatic N) is 2. The van der Waals surface area contributed by atoms with Gasteiger partial charge in [0.05, 0.1) is 25.7 Å². The molecule has 0 aliphatic carbocycles. The van der Waals surface area contributed by atoms with Crippen LogP contribution in [0.15, 0.2) is 44.6 Å². The highest BCUT2D eigenvalue weighted by atomic mass is 16.5. The van der Waals surface area contributed by atoms with Crippen LogP contribution in [0.3, 0.4) is 0 Å².